The van der Waals surface area contributed by atoms with Gasteiger partial charge in [-0.3, -0.25) is 4.98 Å². The summed E-state index contributed by atoms with van der Waals surface area (Å²) in [6.07, 6.45) is 6.33. The van der Waals surface area contributed by atoms with Gasteiger partial charge in [0.15, 0.2) is 11.5 Å². The number of ether oxygens (including phenoxy) is 1. The lowest BCUT2D eigenvalue weighted by atomic mass is 10.0. The van der Waals surface area contributed by atoms with E-state index in [9.17, 15) is 5.11 Å². The van der Waals surface area contributed by atoms with E-state index >= 15 is 0 Å². The Bertz CT molecular complexity index is 838. The predicted octanol–water partition coefficient (Wildman–Crippen LogP) is 4.31. The number of phenolic OH excluding ortho intramolecular Hbond substituents is 1. The molecule has 1 atom stereocenters. The summed E-state index contributed by atoms with van der Waals surface area (Å²) >= 11 is 6.12. The van der Waals surface area contributed by atoms with Crippen molar-refractivity contribution in [3.63, 3.8) is 0 Å². The number of hydrogen-bond acceptors (Lipinski definition) is 4. The average molecular weight is 339 g/mol. The molecular weight excluding hydrogens is 324 g/mol. The maximum atomic E-state index is 10.2. The molecule has 1 unspecified atom stereocenters. The van der Waals surface area contributed by atoms with Crippen molar-refractivity contribution in [3.8, 4) is 17.6 Å². The Morgan fingerprint density at radius 1 is 1.33 bits per heavy atom. The first-order valence-electron chi connectivity index (χ1n) is 7.53. The van der Waals surface area contributed by atoms with E-state index in [2.05, 4.69) is 11.1 Å². The van der Waals surface area contributed by atoms with E-state index in [1.807, 2.05) is 24.3 Å². The summed E-state index contributed by atoms with van der Waals surface area (Å²) in [6, 6.07) is 13.1. The highest BCUT2D eigenvalue weighted by Gasteiger charge is 2.17. The molecule has 24 heavy (non-hydrogen) atoms. The van der Waals surface area contributed by atoms with E-state index in [1.54, 1.807) is 30.5 Å². The second kappa shape index (κ2) is 7.20. The molecule has 0 radical (unpaired) electrons. The van der Waals surface area contributed by atoms with Gasteiger partial charge in [-0.15, -0.1) is 0 Å². The van der Waals surface area contributed by atoms with Crippen molar-refractivity contribution in [2.45, 2.75) is 12.8 Å². The van der Waals surface area contributed by atoms with Gasteiger partial charge in [0.1, 0.15) is 5.76 Å². The zero-order valence-electron chi connectivity index (χ0n) is 12.8. The fourth-order valence-corrected chi connectivity index (χ4v) is 2.70. The second-order valence-corrected chi connectivity index (χ2v) is 5.86. The predicted molar refractivity (Wildman–Crippen MR) is 91.5 cm³/mol. The highest BCUT2D eigenvalue weighted by atomic mass is 35.5. The summed E-state index contributed by atoms with van der Waals surface area (Å²) in [6.45, 7) is 0. The third kappa shape index (κ3) is 3.76. The van der Waals surface area contributed by atoms with Gasteiger partial charge < -0.3 is 9.84 Å². The van der Waals surface area contributed by atoms with Crippen LogP contribution in [0.2, 0.25) is 0 Å². The molecule has 1 aliphatic rings. The summed E-state index contributed by atoms with van der Waals surface area (Å²) in [4.78, 5) is 4.27. The van der Waals surface area contributed by atoms with Crippen LogP contribution < -0.4 is 4.74 Å². The Morgan fingerprint density at radius 3 is 2.88 bits per heavy atom. The van der Waals surface area contributed by atoms with Crippen LogP contribution in [0.25, 0.3) is 0 Å². The van der Waals surface area contributed by atoms with Gasteiger partial charge in [-0.25, -0.2) is 0 Å². The Labute approximate surface area is 145 Å². The number of nitrogens with zero attached hydrogens (tertiary/aromatic N) is 2. The molecule has 0 amide bonds. The number of rotatable bonds is 4. The summed E-state index contributed by atoms with van der Waals surface area (Å²) < 4.78 is 5.68. The number of phenols is 1. The standard InChI is InChI=1S/C19H15ClN2O2/c20-16-10-14(12-21)5-6-18(16)24-19-7-4-13(11-17(19)23)9-15-3-1-2-8-22-15/h1-4,6-8,10-11,14,23H,5,9H2. The van der Waals surface area contributed by atoms with E-state index in [-0.39, 0.29) is 11.7 Å². The second-order valence-electron chi connectivity index (χ2n) is 5.46. The molecule has 120 valence electrons. The van der Waals surface area contributed by atoms with Crippen LogP contribution >= 0.6 is 11.6 Å². The highest BCUT2D eigenvalue weighted by molar-refractivity contribution is 6.31. The van der Waals surface area contributed by atoms with Crippen LogP contribution in [0.5, 0.6) is 11.5 Å². The minimum absolute atomic E-state index is 0.0382. The number of hydrogen-bond donors (Lipinski definition) is 1. The van der Waals surface area contributed by atoms with Crippen molar-refractivity contribution >= 4 is 11.6 Å². The largest absolute Gasteiger partial charge is 0.504 e. The molecule has 0 spiro atoms. The number of benzene rings is 1. The van der Waals surface area contributed by atoms with Crippen LogP contribution in [0.4, 0.5) is 0 Å². The lowest BCUT2D eigenvalue weighted by Crippen LogP contribution is -2.05. The molecule has 0 bridgehead atoms. The summed E-state index contributed by atoms with van der Waals surface area (Å²) in [7, 11) is 0. The number of pyridine rings is 1. The Morgan fingerprint density at radius 2 is 2.21 bits per heavy atom. The van der Waals surface area contributed by atoms with E-state index in [4.69, 9.17) is 21.6 Å². The summed E-state index contributed by atoms with van der Waals surface area (Å²) in [5.74, 6) is 0.583. The normalized spacial score (nSPS) is 16.8. The molecule has 0 fully saturated rings. The van der Waals surface area contributed by atoms with Crippen LogP contribution in [-0.4, -0.2) is 10.1 Å². The molecule has 1 aromatic carbocycles. The molecule has 1 aromatic heterocycles. The quantitative estimate of drug-likeness (QED) is 0.902. The molecule has 3 rings (SSSR count). The third-order valence-corrected chi connectivity index (χ3v) is 3.97. The van der Waals surface area contributed by atoms with E-state index in [0.717, 1.165) is 11.3 Å². The smallest absolute Gasteiger partial charge is 0.169 e. The van der Waals surface area contributed by atoms with Crippen molar-refractivity contribution in [2.24, 2.45) is 5.92 Å². The molecule has 0 saturated carbocycles. The van der Waals surface area contributed by atoms with Crippen molar-refractivity contribution in [3.05, 3.63) is 76.8 Å². The Balaban J connectivity index is 1.73. The van der Waals surface area contributed by atoms with Crippen LogP contribution in [-0.2, 0) is 6.42 Å². The third-order valence-electron chi connectivity index (χ3n) is 3.66. The zero-order valence-corrected chi connectivity index (χ0v) is 13.6. The average Bonchev–Trinajstić information content (AvgIpc) is 2.59. The molecule has 0 aliphatic heterocycles. The lowest BCUT2D eigenvalue weighted by Gasteiger charge is -2.16. The first-order chi connectivity index (χ1) is 11.7. The molecule has 1 aliphatic carbocycles. The number of aromatic hydroxyl groups is 1. The number of nitriles is 1. The Kier molecular flexibility index (Phi) is 4.83. The minimum atomic E-state index is -0.237. The van der Waals surface area contributed by atoms with Crippen molar-refractivity contribution in [2.75, 3.05) is 0 Å². The van der Waals surface area contributed by atoms with E-state index < -0.39 is 0 Å². The fourth-order valence-electron chi connectivity index (χ4n) is 2.43. The molecular formula is C19H15ClN2O2. The van der Waals surface area contributed by atoms with Gasteiger partial charge in [-0.05, 0) is 48.4 Å². The van der Waals surface area contributed by atoms with E-state index in [0.29, 0.717) is 29.4 Å². The molecule has 1 heterocycles. The van der Waals surface area contributed by atoms with Gasteiger partial charge >= 0.3 is 0 Å². The maximum absolute atomic E-state index is 10.2. The Hall–Kier alpha value is -2.77. The van der Waals surface area contributed by atoms with Gasteiger partial charge in [0.05, 0.1) is 17.0 Å². The first-order valence-corrected chi connectivity index (χ1v) is 7.90. The van der Waals surface area contributed by atoms with Gasteiger partial charge in [0, 0.05) is 18.3 Å². The highest BCUT2D eigenvalue weighted by Crippen LogP contribution is 2.33. The summed E-state index contributed by atoms with van der Waals surface area (Å²) in [5, 5.41) is 19.5. The first kappa shape index (κ1) is 16.1. The SMILES string of the molecule is N#CC1C=C(Cl)C(Oc2ccc(Cc3ccccn3)cc2O)=CC1. The van der Waals surface area contributed by atoms with Gasteiger partial charge in [0.25, 0.3) is 0 Å². The minimum Gasteiger partial charge on any atom is -0.504 e. The van der Waals surface area contributed by atoms with E-state index in [1.165, 1.54) is 0 Å². The van der Waals surface area contributed by atoms with Crippen molar-refractivity contribution in [1.82, 2.24) is 4.98 Å². The van der Waals surface area contributed by atoms with Crippen molar-refractivity contribution in [1.29, 1.82) is 5.26 Å². The number of aromatic nitrogens is 1. The van der Waals surface area contributed by atoms with Crippen LogP contribution in [0.1, 0.15) is 17.7 Å². The van der Waals surface area contributed by atoms with Crippen LogP contribution in [0.3, 0.4) is 0 Å². The lowest BCUT2D eigenvalue weighted by molar-refractivity contribution is 0.386. The van der Waals surface area contributed by atoms with Gasteiger partial charge in [-0.2, -0.15) is 5.26 Å². The molecule has 0 saturated heterocycles. The molecule has 2 aromatic rings. The number of allylic oxidation sites excluding steroid dienone is 3. The number of halogens is 1. The molecule has 1 N–H and O–H groups in total. The molecule has 4 nitrogen and oxygen atoms in total. The molecule has 5 heteroatoms. The van der Waals surface area contributed by atoms with Crippen molar-refractivity contribution < 1.29 is 9.84 Å². The topological polar surface area (TPSA) is 66.1 Å². The maximum Gasteiger partial charge on any atom is 0.169 e. The van der Waals surface area contributed by atoms with Gasteiger partial charge in [-0.1, -0.05) is 23.7 Å². The van der Waals surface area contributed by atoms with Gasteiger partial charge in [0.2, 0.25) is 0 Å². The van der Waals surface area contributed by atoms with Crippen LogP contribution in [0, 0.1) is 17.2 Å². The monoisotopic (exact) mass is 338 g/mol. The zero-order chi connectivity index (χ0) is 16.9. The summed E-state index contributed by atoms with van der Waals surface area (Å²) in [5.41, 5.74) is 1.86. The fraction of sp³-hybridized carbons (Fsp3) is 0.158. The van der Waals surface area contributed by atoms with Crippen LogP contribution in [0.15, 0.2) is 65.5 Å².